The number of nitro groups is 1. The summed E-state index contributed by atoms with van der Waals surface area (Å²) in [6.07, 6.45) is 2.88. The first kappa shape index (κ1) is 17.3. The standard InChI is InChI=1S/C19H13N3O3S2/c1-21-18-14-5-3-2-4-12(14)6-9-15(18)27-19(21)20-16(23)10-7-13-8-11-17(26-13)22(24)25/h2-11H,1H3. The Balaban J connectivity index is 1.70. The zero-order chi connectivity index (χ0) is 19.0. The minimum atomic E-state index is -0.449. The van der Waals surface area contributed by atoms with Crippen molar-refractivity contribution in [1.82, 2.24) is 4.57 Å². The molecule has 0 bridgehead atoms. The number of fused-ring (bicyclic) bond motifs is 3. The third kappa shape index (κ3) is 3.32. The monoisotopic (exact) mass is 395 g/mol. The number of benzene rings is 2. The van der Waals surface area contributed by atoms with Gasteiger partial charge in [-0.3, -0.25) is 14.9 Å². The van der Waals surface area contributed by atoms with E-state index < -0.39 is 10.8 Å². The highest BCUT2D eigenvalue weighted by atomic mass is 32.1. The molecular weight excluding hydrogens is 382 g/mol. The molecule has 4 aromatic rings. The van der Waals surface area contributed by atoms with Crippen molar-refractivity contribution in [3.63, 3.8) is 0 Å². The Kier molecular flexibility index (Phi) is 4.43. The Bertz CT molecular complexity index is 1290. The molecular formula is C19H13N3O3S2. The summed E-state index contributed by atoms with van der Waals surface area (Å²) in [6, 6.07) is 15.2. The average Bonchev–Trinajstić information content (AvgIpc) is 3.26. The molecule has 0 aliphatic carbocycles. The fourth-order valence-electron chi connectivity index (χ4n) is 2.84. The lowest BCUT2D eigenvalue weighted by atomic mass is 10.1. The van der Waals surface area contributed by atoms with Crippen LogP contribution in [-0.4, -0.2) is 15.4 Å². The highest BCUT2D eigenvalue weighted by molar-refractivity contribution is 7.16. The molecule has 1 amide bonds. The topological polar surface area (TPSA) is 77.5 Å². The zero-order valence-electron chi connectivity index (χ0n) is 14.2. The van der Waals surface area contributed by atoms with Gasteiger partial charge < -0.3 is 4.57 Å². The van der Waals surface area contributed by atoms with E-state index in [0.29, 0.717) is 9.68 Å². The number of nitrogens with zero attached hydrogens (tertiary/aromatic N) is 3. The van der Waals surface area contributed by atoms with E-state index in [1.54, 1.807) is 12.1 Å². The first-order valence-corrected chi connectivity index (χ1v) is 9.64. The second kappa shape index (κ2) is 6.90. The fraction of sp³-hybridized carbons (Fsp3) is 0.0526. The summed E-state index contributed by atoms with van der Waals surface area (Å²) in [5.74, 6) is -0.405. The molecule has 0 radical (unpaired) electrons. The van der Waals surface area contributed by atoms with Crippen molar-refractivity contribution in [2.24, 2.45) is 12.0 Å². The van der Waals surface area contributed by atoms with Crippen LogP contribution in [0.3, 0.4) is 0 Å². The third-order valence-electron chi connectivity index (χ3n) is 4.08. The van der Waals surface area contributed by atoms with Gasteiger partial charge in [-0.05, 0) is 23.6 Å². The summed E-state index contributed by atoms with van der Waals surface area (Å²) in [6.45, 7) is 0. The molecule has 0 saturated carbocycles. The lowest BCUT2D eigenvalue weighted by Gasteiger charge is -2.01. The highest BCUT2D eigenvalue weighted by Gasteiger charge is 2.09. The van der Waals surface area contributed by atoms with Crippen molar-refractivity contribution in [1.29, 1.82) is 0 Å². The Labute approximate surface area is 161 Å². The van der Waals surface area contributed by atoms with Gasteiger partial charge in [-0.2, -0.15) is 4.99 Å². The van der Waals surface area contributed by atoms with E-state index >= 15 is 0 Å². The number of hydrogen-bond acceptors (Lipinski definition) is 5. The molecule has 0 aliphatic heterocycles. The van der Waals surface area contributed by atoms with Crippen LogP contribution >= 0.6 is 22.7 Å². The molecule has 0 unspecified atom stereocenters. The van der Waals surface area contributed by atoms with Gasteiger partial charge in [0.1, 0.15) is 0 Å². The molecule has 0 N–H and O–H groups in total. The molecule has 4 rings (SSSR count). The first-order valence-electron chi connectivity index (χ1n) is 8.01. The lowest BCUT2D eigenvalue weighted by molar-refractivity contribution is -0.380. The van der Waals surface area contributed by atoms with E-state index in [-0.39, 0.29) is 5.00 Å². The van der Waals surface area contributed by atoms with Crippen LogP contribution < -0.4 is 4.80 Å². The number of hydrogen-bond donors (Lipinski definition) is 0. The molecule has 27 heavy (non-hydrogen) atoms. The number of rotatable bonds is 3. The van der Waals surface area contributed by atoms with Crippen LogP contribution in [0.2, 0.25) is 0 Å². The van der Waals surface area contributed by atoms with Crippen molar-refractivity contribution >= 4 is 60.6 Å². The van der Waals surface area contributed by atoms with Gasteiger partial charge in [-0.15, -0.1) is 0 Å². The van der Waals surface area contributed by atoms with Crippen LogP contribution in [0.15, 0.2) is 59.6 Å². The van der Waals surface area contributed by atoms with Gasteiger partial charge in [0.25, 0.3) is 5.91 Å². The zero-order valence-corrected chi connectivity index (χ0v) is 15.8. The number of carbonyl (C=O) groups excluding carboxylic acids is 1. The largest absolute Gasteiger partial charge is 0.324 e. The first-order chi connectivity index (χ1) is 13.0. The maximum atomic E-state index is 12.2. The van der Waals surface area contributed by atoms with Crippen molar-refractivity contribution in [2.75, 3.05) is 0 Å². The van der Waals surface area contributed by atoms with Gasteiger partial charge in [-0.1, -0.05) is 53.0 Å². The molecule has 2 aromatic heterocycles. The molecule has 2 heterocycles. The van der Waals surface area contributed by atoms with Crippen LogP contribution in [0.5, 0.6) is 0 Å². The summed E-state index contributed by atoms with van der Waals surface area (Å²) < 4.78 is 2.98. The van der Waals surface area contributed by atoms with Gasteiger partial charge in [-0.25, -0.2) is 0 Å². The van der Waals surface area contributed by atoms with Gasteiger partial charge >= 0.3 is 5.00 Å². The van der Waals surface area contributed by atoms with Crippen molar-refractivity contribution in [3.8, 4) is 0 Å². The van der Waals surface area contributed by atoms with Crippen LogP contribution in [0, 0.1) is 10.1 Å². The molecule has 6 nitrogen and oxygen atoms in total. The minimum Gasteiger partial charge on any atom is -0.319 e. The number of aromatic nitrogens is 1. The summed E-state index contributed by atoms with van der Waals surface area (Å²) in [7, 11) is 1.89. The predicted molar refractivity (Wildman–Crippen MR) is 109 cm³/mol. The SMILES string of the molecule is Cn1c(=NC(=O)C=Cc2ccc([N+](=O)[O-])s2)sc2ccc3ccccc3c21. The second-order valence-electron chi connectivity index (χ2n) is 5.79. The molecule has 0 fully saturated rings. The predicted octanol–water partition coefficient (Wildman–Crippen LogP) is 4.50. The van der Waals surface area contributed by atoms with E-state index in [1.165, 1.54) is 23.5 Å². The normalized spacial score (nSPS) is 12.4. The number of carbonyl (C=O) groups is 1. The molecule has 0 aliphatic rings. The van der Waals surface area contributed by atoms with Gasteiger partial charge in [0, 0.05) is 29.5 Å². The van der Waals surface area contributed by atoms with Crippen molar-refractivity contribution < 1.29 is 9.72 Å². The van der Waals surface area contributed by atoms with E-state index in [9.17, 15) is 14.9 Å². The molecule has 0 spiro atoms. The smallest absolute Gasteiger partial charge is 0.319 e. The third-order valence-corrected chi connectivity index (χ3v) is 6.17. The number of amides is 1. The second-order valence-corrected chi connectivity index (χ2v) is 7.90. The van der Waals surface area contributed by atoms with Crippen LogP contribution in [0.4, 0.5) is 5.00 Å². The van der Waals surface area contributed by atoms with Gasteiger partial charge in [0.2, 0.25) is 0 Å². The highest BCUT2D eigenvalue weighted by Crippen LogP contribution is 2.27. The molecule has 0 saturated heterocycles. The number of aryl methyl sites for hydroxylation is 1. The summed E-state index contributed by atoms with van der Waals surface area (Å²) in [4.78, 5) is 27.9. The molecule has 2 aromatic carbocycles. The Morgan fingerprint density at radius 1 is 1.15 bits per heavy atom. The fourth-order valence-corrected chi connectivity index (χ4v) is 4.60. The van der Waals surface area contributed by atoms with Crippen molar-refractivity contribution in [3.05, 3.63) is 74.4 Å². The minimum absolute atomic E-state index is 0.0434. The van der Waals surface area contributed by atoms with E-state index in [0.717, 1.165) is 32.3 Å². The molecule has 0 atom stereocenters. The summed E-state index contributed by atoms with van der Waals surface area (Å²) >= 11 is 2.47. The van der Waals surface area contributed by atoms with Crippen LogP contribution in [-0.2, 0) is 11.8 Å². The maximum absolute atomic E-state index is 12.2. The average molecular weight is 395 g/mol. The lowest BCUT2D eigenvalue weighted by Crippen LogP contribution is -2.12. The molecule has 8 heteroatoms. The quantitative estimate of drug-likeness (QED) is 0.291. The van der Waals surface area contributed by atoms with E-state index in [1.807, 2.05) is 29.8 Å². The number of thiophene rings is 1. The van der Waals surface area contributed by atoms with Gasteiger partial charge in [0.05, 0.1) is 15.1 Å². The van der Waals surface area contributed by atoms with Crippen molar-refractivity contribution in [2.45, 2.75) is 0 Å². The van der Waals surface area contributed by atoms with E-state index in [2.05, 4.69) is 23.2 Å². The van der Waals surface area contributed by atoms with E-state index in [4.69, 9.17) is 0 Å². The maximum Gasteiger partial charge on any atom is 0.324 e. The Hall–Kier alpha value is -3.10. The van der Waals surface area contributed by atoms with Gasteiger partial charge in [0.15, 0.2) is 4.80 Å². The molecule has 134 valence electrons. The van der Waals surface area contributed by atoms with Crippen LogP contribution in [0.1, 0.15) is 4.88 Å². The van der Waals surface area contributed by atoms with Crippen LogP contribution in [0.25, 0.3) is 27.1 Å². The summed E-state index contributed by atoms with van der Waals surface area (Å²) in [5, 5.41) is 13.0. The summed E-state index contributed by atoms with van der Waals surface area (Å²) in [5.41, 5.74) is 1.04. The Morgan fingerprint density at radius 2 is 1.96 bits per heavy atom. The Morgan fingerprint density at radius 3 is 2.74 bits per heavy atom. The number of thiazole rings is 1.